The van der Waals surface area contributed by atoms with Crippen molar-refractivity contribution in [3.05, 3.63) is 89.0 Å². The maximum absolute atomic E-state index is 12.7. The topological polar surface area (TPSA) is 114 Å². The summed E-state index contributed by atoms with van der Waals surface area (Å²) in [4.78, 5) is 24.6. The maximum atomic E-state index is 12.7. The Morgan fingerprint density at radius 3 is 1.84 bits per heavy atom. The summed E-state index contributed by atoms with van der Waals surface area (Å²) in [6.07, 6.45) is 0. The smallest absolute Gasteiger partial charge is 0.269 e. The first-order valence-corrected chi connectivity index (χ1v) is 11.1. The van der Waals surface area contributed by atoms with Gasteiger partial charge in [-0.05, 0) is 79.6 Å². The van der Waals surface area contributed by atoms with E-state index in [2.05, 4.69) is 15.6 Å². The number of hydrogen-bond donors (Lipinski definition) is 3. The molecule has 0 saturated carbocycles. The van der Waals surface area contributed by atoms with E-state index < -0.39 is 21.8 Å². The van der Waals surface area contributed by atoms with Crippen molar-refractivity contribution in [1.82, 2.24) is 10.9 Å². The van der Waals surface area contributed by atoms with Crippen LogP contribution in [0, 0.1) is 13.8 Å². The number of carbonyl (C=O) groups excluding carboxylic acids is 2. The molecule has 0 fully saturated rings. The molecule has 3 aromatic carbocycles. The van der Waals surface area contributed by atoms with Crippen LogP contribution in [-0.2, 0) is 10.0 Å². The Hall–Kier alpha value is -3.85. The van der Waals surface area contributed by atoms with E-state index in [4.69, 9.17) is 4.74 Å². The van der Waals surface area contributed by atoms with Crippen molar-refractivity contribution in [2.45, 2.75) is 18.7 Å². The minimum Gasteiger partial charge on any atom is -0.497 e. The van der Waals surface area contributed by atoms with Crippen molar-refractivity contribution in [3.8, 4) is 5.75 Å². The van der Waals surface area contributed by atoms with E-state index in [9.17, 15) is 18.0 Å². The van der Waals surface area contributed by atoms with Gasteiger partial charge in [0.25, 0.3) is 21.8 Å². The highest BCUT2D eigenvalue weighted by Crippen LogP contribution is 2.21. The van der Waals surface area contributed by atoms with Gasteiger partial charge in [-0.2, -0.15) is 0 Å². The second-order valence-corrected chi connectivity index (χ2v) is 8.74. The number of sulfonamides is 1. The zero-order valence-corrected chi connectivity index (χ0v) is 18.6. The molecule has 0 saturated heterocycles. The van der Waals surface area contributed by atoms with Crippen molar-refractivity contribution >= 4 is 27.5 Å². The first-order valence-electron chi connectivity index (χ1n) is 9.64. The molecule has 0 aliphatic heterocycles. The van der Waals surface area contributed by atoms with E-state index >= 15 is 0 Å². The zero-order valence-electron chi connectivity index (χ0n) is 17.8. The fourth-order valence-corrected chi connectivity index (χ4v) is 4.29. The number of anilines is 1. The average molecular weight is 454 g/mol. The standard InChI is InChI=1S/C23H23N3O5S/c1-15-4-5-16(2)21(14-15)32(29,30)26-19-10-6-17(7-11-19)22(27)24-25-23(28)18-8-12-20(31-3)13-9-18/h4-14,26H,1-3H3,(H,24,27)(H,25,28). The van der Waals surface area contributed by atoms with Crippen LogP contribution in [0.1, 0.15) is 31.8 Å². The lowest BCUT2D eigenvalue weighted by Crippen LogP contribution is -2.41. The van der Waals surface area contributed by atoms with Crippen molar-refractivity contribution < 1.29 is 22.7 Å². The van der Waals surface area contributed by atoms with Gasteiger partial charge in [0.2, 0.25) is 0 Å². The quantitative estimate of drug-likeness (QED) is 0.496. The molecule has 9 heteroatoms. The van der Waals surface area contributed by atoms with E-state index in [1.54, 1.807) is 43.3 Å². The number of amides is 2. The van der Waals surface area contributed by atoms with E-state index in [0.717, 1.165) is 5.56 Å². The number of hydrazine groups is 1. The number of nitrogens with one attached hydrogen (secondary N) is 3. The van der Waals surface area contributed by atoms with Gasteiger partial charge in [0.05, 0.1) is 12.0 Å². The normalized spacial score (nSPS) is 10.8. The monoisotopic (exact) mass is 453 g/mol. The van der Waals surface area contributed by atoms with Gasteiger partial charge in [-0.15, -0.1) is 0 Å². The Kier molecular flexibility index (Phi) is 6.79. The van der Waals surface area contributed by atoms with Crippen molar-refractivity contribution in [2.75, 3.05) is 11.8 Å². The SMILES string of the molecule is COc1ccc(C(=O)NNC(=O)c2ccc(NS(=O)(=O)c3cc(C)ccc3C)cc2)cc1. The number of carbonyl (C=O) groups is 2. The van der Waals surface area contributed by atoms with Crippen LogP contribution in [0.2, 0.25) is 0 Å². The van der Waals surface area contributed by atoms with Gasteiger partial charge in [-0.1, -0.05) is 12.1 Å². The summed E-state index contributed by atoms with van der Waals surface area (Å²) in [6, 6.07) is 17.5. The molecule has 0 atom stereocenters. The van der Waals surface area contributed by atoms with Crippen LogP contribution in [-0.4, -0.2) is 27.3 Å². The number of rotatable bonds is 6. The summed E-state index contributed by atoms with van der Waals surface area (Å²) in [5, 5.41) is 0. The molecule has 32 heavy (non-hydrogen) atoms. The number of methoxy groups -OCH3 is 1. The summed E-state index contributed by atoms with van der Waals surface area (Å²) < 4.78 is 32.9. The average Bonchev–Trinajstić information content (AvgIpc) is 2.79. The molecule has 0 heterocycles. The minimum atomic E-state index is -3.77. The Morgan fingerprint density at radius 1 is 0.781 bits per heavy atom. The second kappa shape index (κ2) is 9.52. The van der Waals surface area contributed by atoms with E-state index in [-0.39, 0.29) is 10.5 Å². The molecule has 0 unspecified atom stereocenters. The Bertz CT molecular complexity index is 1240. The van der Waals surface area contributed by atoms with Crippen LogP contribution < -0.4 is 20.3 Å². The number of ether oxygens (including phenoxy) is 1. The molecular formula is C23H23N3O5S. The molecule has 2 amide bonds. The third kappa shape index (κ3) is 5.44. The molecule has 0 radical (unpaired) electrons. The molecule has 166 valence electrons. The molecule has 0 spiro atoms. The molecule has 3 aromatic rings. The molecule has 0 aliphatic carbocycles. The van der Waals surface area contributed by atoms with Gasteiger partial charge in [0, 0.05) is 16.8 Å². The van der Waals surface area contributed by atoms with Gasteiger partial charge in [-0.25, -0.2) is 8.42 Å². The van der Waals surface area contributed by atoms with Gasteiger partial charge >= 0.3 is 0 Å². The lowest BCUT2D eigenvalue weighted by molar-refractivity contribution is 0.0846. The number of aryl methyl sites for hydroxylation is 2. The molecular weight excluding hydrogens is 430 g/mol. The Labute approximate surface area is 186 Å². The van der Waals surface area contributed by atoms with E-state index in [0.29, 0.717) is 22.6 Å². The van der Waals surface area contributed by atoms with Gasteiger partial charge in [0.1, 0.15) is 5.75 Å². The van der Waals surface area contributed by atoms with Crippen molar-refractivity contribution in [2.24, 2.45) is 0 Å². The summed E-state index contributed by atoms with van der Waals surface area (Å²) in [5.74, 6) is -0.423. The first kappa shape index (κ1) is 22.8. The van der Waals surface area contributed by atoms with Crippen LogP contribution in [0.5, 0.6) is 5.75 Å². The number of benzene rings is 3. The fourth-order valence-electron chi connectivity index (χ4n) is 2.90. The third-order valence-electron chi connectivity index (χ3n) is 4.67. The van der Waals surface area contributed by atoms with Crippen LogP contribution in [0.4, 0.5) is 5.69 Å². The first-order chi connectivity index (χ1) is 15.2. The highest BCUT2D eigenvalue weighted by atomic mass is 32.2. The maximum Gasteiger partial charge on any atom is 0.269 e. The predicted octanol–water partition coefficient (Wildman–Crippen LogP) is 3.19. The molecule has 3 rings (SSSR count). The van der Waals surface area contributed by atoms with Gasteiger partial charge < -0.3 is 4.74 Å². The molecule has 3 N–H and O–H groups in total. The third-order valence-corrected chi connectivity index (χ3v) is 6.20. The van der Waals surface area contributed by atoms with Gasteiger partial charge in [-0.3, -0.25) is 25.2 Å². The van der Waals surface area contributed by atoms with E-state index in [1.165, 1.54) is 31.4 Å². The largest absolute Gasteiger partial charge is 0.497 e. The number of hydrogen-bond acceptors (Lipinski definition) is 5. The highest BCUT2D eigenvalue weighted by molar-refractivity contribution is 7.92. The lowest BCUT2D eigenvalue weighted by Gasteiger charge is -2.12. The second-order valence-electron chi connectivity index (χ2n) is 7.09. The molecule has 0 aliphatic rings. The van der Waals surface area contributed by atoms with Crippen LogP contribution >= 0.6 is 0 Å². The Balaban J connectivity index is 1.62. The summed E-state index contributed by atoms with van der Waals surface area (Å²) >= 11 is 0. The predicted molar refractivity (Wildman–Crippen MR) is 121 cm³/mol. The van der Waals surface area contributed by atoms with Crippen LogP contribution in [0.3, 0.4) is 0 Å². The Morgan fingerprint density at radius 2 is 1.31 bits per heavy atom. The summed E-state index contributed by atoms with van der Waals surface area (Å²) in [5.41, 5.74) is 7.02. The molecule has 8 nitrogen and oxygen atoms in total. The van der Waals surface area contributed by atoms with Gasteiger partial charge in [0.15, 0.2) is 0 Å². The van der Waals surface area contributed by atoms with Crippen LogP contribution in [0.15, 0.2) is 71.6 Å². The summed E-state index contributed by atoms with van der Waals surface area (Å²) in [6.45, 7) is 3.54. The zero-order chi connectivity index (χ0) is 23.3. The molecule has 0 aromatic heterocycles. The summed E-state index contributed by atoms with van der Waals surface area (Å²) in [7, 11) is -2.25. The van der Waals surface area contributed by atoms with Crippen molar-refractivity contribution in [3.63, 3.8) is 0 Å². The molecule has 0 bridgehead atoms. The van der Waals surface area contributed by atoms with Crippen molar-refractivity contribution in [1.29, 1.82) is 0 Å². The fraction of sp³-hybridized carbons (Fsp3) is 0.130. The van der Waals surface area contributed by atoms with Crippen LogP contribution in [0.25, 0.3) is 0 Å². The minimum absolute atomic E-state index is 0.195. The van der Waals surface area contributed by atoms with E-state index in [1.807, 2.05) is 13.0 Å². The lowest BCUT2D eigenvalue weighted by atomic mass is 10.2. The highest BCUT2D eigenvalue weighted by Gasteiger charge is 2.17.